The van der Waals surface area contributed by atoms with Crippen LogP contribution in [0.15, 0.2) is 30.3 Å². The van der Waals surface area contributed by atoms with Crippen LogP contribution in [0.3, 0.4) is 0 Å². The van der Waals surface area contributed by atoms with Crippen LogP contribution >= 0.6 is 0 Å². The van der Waals surface area contributed by atoms with Crippen molar-refractivity contribution in [3.8, 4) is 0 Å². The number of carboxylic acid groups (broad SMARTS) is 1. The standard InChI is InChI=1S/C25H37N5O6/c1-25(11-5-6-12-27-25)29-18(15-20(26)31)22(33)28-17(14-16-8-3-2-4-9-16)21(32)23(34)30-13-7-10-19(30)24(35)36/h2-4,8-9,17-19,21,27,29,32H,5-7,10-15H2,1H3,(H2,26,31)(H,28,33)(H,35,36)/t17-,18-,19-,21?,25?/m0/s1. The van der Waals surface area contributed by atoms with E-state index in [-0.39, 0.29) is 19.4 Å². The second-order valence-corrected chi connectivity index (χ2v) is 9.86. The first-order chi connectivity index (χ1) is 17.1. The summed E-state index contributed by atoms with van der Waals surface area (Å²) in [5.74, 6) is -3.12. The molecule has 2 fully saturated rings. The highest BCUT2D eigenvalue weighted by molar-refractivity contribution is 5.90. The second kappa shape index (κ2) is 12.3. The molecular formula is C25H37N5O6. The van der Waals surface area contributed by atoms with E-state index in [4.69, 9.17) is 5.73 Å². The largest absolute Gasteiger partial charge is 0.480 e. The number of aliphatic hydroxyl groups excluding tert-OH is 1. The fraction of sp³-hybridized carbons (Fsp3) is 0.600. The Labute approximate surface area is 210 Å². The number of nitrogens with one attached hydrogen (secondary N) is 3. The van der Waals surface area contributed by atoms with Gasteiger partial charge in [0, 0.05) is 6.54 Å². The van der Waals surface area contributed by atoms with Crippen molar-refractivity contribution in [1.29, 1.82) is 0 Å². The third kappa shape index (κ3) is 7.25. The maximum atomic E-state index is 13.4. The van der Waals surface area contributed by atoms with E-state index in [0.717, 1.165) is 36.3 Å². The van der Waals surface area contributed by atoms with E-state index >= 15 is 0 Å². The molecule has 2 aliphatic heterocycles. The summed E-state index contributed by atoms with van der Waals surface area (Å²) in [5, 5.41) is 29.8. The van der Waals surface area contributed by atoms with Gasteiger partial charge < -0.3 is 26.2 Å². The molecular weight excluding hydrogens is 466 g/mol. The van der Waals surface area contributed by atoms with Crippen LogP contribution in [0, 0.1) is 0 Å². The van der Waals surface area contributed by atoms with Crippen molar-refractivity contribution in [2.75, 3.05) is 13.1 Å². The first kappa shape index (κ1) is 27.6. The van der Waals surface area contributed by atoms with E-state index in [0.29, 0.717) is 12.8 Å². The number of aliphatic hydroxyl groups is 1. The smallest absolute Gasteiger partial charge is 0.326 e. The molecule has 0 aromatic heterocycles. The number of benzene rings is 1. The van der Waals surface area contributed by atoms with Crippen molar-refractivity contribution in [3.05, 3.63) is 35.9 Å². The van der Waals surface area contributed by atoms with Crippen molar-refractivity contribution in [3.63, 3.8) is 0 Å². The van der Waals surface area contributed by atoms with E-state index in [2.05, 4.69) is 16.0 Å². The molecule has 3 amide bonds. The van der Waals surface area contributed by atoms with Gasteiger partial charge in [0.2, 0.25) is 11.8 Å². The number of nitrogens with two attached hydrogens (primary N) is 1. The minimum Gasteiger partial charge on any atom is -0.480 e. The second-order valence-electron chi connectivity index (χ2n) is 9.86. The zero-order valence-corrected chi connectivity index (χ0v) is 20.6. The van der Waals surface area contributed by atoms with Gasteiger partial charge in [-0.25, -0.2) is 4.79 Å². The molecule has 2 unspecified atom stereocenters. The molecule has 0 bridgehead atoms. The van der Waals surface area contributed by atoms with Gasteiger partial charge in [-0.2, -0.15) is 0 Å². The zero-order chi connectivity index (χ0) is 26.3. The molecule has 36 heavy (non-hydrogen) atoms. The Balaban J connectivity index is 1.80. The quantitative estimate of drug-likeness (QED) is 0.234. The van der Waals surface area contributed by atoms with Crippen molar-refractivity contribution in [2.24, 2.45) is 5.73 Å². The maximum Gasteiger partial charge on any atom is 0.326 e. The molecule has 2 saturated heterocycles. The lowest BCUT2D eigenvalue weighted by molar-refractivity contribution is -0.153. The lowest BCUT2D eigenvalue weighted by atomic mass is 9.96. The van der Waals surface area contributed by atoms with Gasteiger partial charge in [-0.05, 0) is 57.6 Å². The van der Waals surface area contributed by atoms with Crippen molar-refractivity contribution in [1.82, 2.24) is 20.9 Å². The highest BCUT2D eigenvalue weighted by Crippen LogP contribution is 2.21. The average molecular weight is 504 g/mol. The highest BCUT2D eigenvalue weighted by atomic mass is 16.4. The van der Waals surface area contributed by atoms with Crippen LogP contribution in [0.1, 0.15) is 51.0 Å². The van der Waals surface area contributed by atoms with Crippen LogP contribution in [-0.4, -0.2) is 81.8 Å². The molecule has 0 saturated carbocycles. The minimum absolute atomic E-state index is 0.129. The molecule has 2 aliphatic rings. The zero-order valence-electron chi connectivity index (χ0n) is 20.6. The average Bonchev–Trinajstić information content (AvgIpc) is 3.33. The first-order valence-electron chi connectivity index (χ1n) is 12.5. The van der Waals surface area contributed by atoms with E-state index in [1.165, 1.54) is 0 Å². The number of carboxylic acids is 1. The van der Waals surface area contributed by atoms with Gasteiger partial charge in [0.1, 0.15) is 6.04 Å². The molecule has 1 aromatic carbocycles. The Morgan fingerprint density at radius 3 is 2.53 bits per heavy atom. The summed E-state index contributed by atoms with van der Waals surface area (Å²) >= 11 is 0. The lowest BCUT2D eigenvalue weighted by Crippen LogP contribution is -2.64. The summed E-state index contributed by atoms with van der Waals surface area (Å²) in [6, 6.07) is 5.99. The molecule has 0 radical (unpaired) electrons. The SMILES string of the molecule is CC1(N[C@@H](CC(N)=O)C(=O)N[C@@H](Cc2ccccc2)C(O)C(=O)N2CCC[C@H]2C(=O)O)CCCCN1. The summed E-state index contributed by atoms with van der Waals surface area (Å²) in [4.78, 5) is 51.0. The summed E-state index contributed by atoms with van der Waals surface area (Å²) in [6.45, 7) is 2.89. The minimum atomic E-state index is -1.67. The van der Waals surface area contributed by atoms with Crippen molar-refractivity contribution >= 4 is 23.7 Å². The Hall–Kier alpha value is -3.02. The molecule has 1 aromatic rings. The fourth-order valence-corrected chi connectivity index (χ4v) is 5.00. The molecule has 7 N–H and O–H groups in total. The van der Waals surface area contributed by atoms with E-state index in [1.807, 2.05) is 13.0 Å². The Morgan fingerprint density at radius 1 is 1.19 bits per heavy atom. The number of hydrogen-bond acceptors (Lipinski definition) is 7. The normalized spacial score (nSPS) is 24.5. The number of piperidine rings is 1. The number of primary amides is 1. The number of hydrogen-bond donors (Lipinski definition) is 6. The maximum absolute atomic E-state index is 13.4. The summed E-state index contributed by atoms with van der Waals surface area (Å²) in [7, 11) is 0. The number of aliphatic carboxylic acids is 1. The topological polar surface area (TPSA) is 174 Å². The van der Waals surface area contributed by atoms with Crippen LogP contribution in [0.2, 0.25) is 0 Å². The van der Waals surface area contributed by atoms with Crippen molar-refractivity contribution in [2.45, 2.75) is 81.8 Å². The van der Waals surface area contributed by atoms with Crippen LogP contribution in [0.5, 0.6) is 0 Å². The lowest BCUT2D eigenvalue weighted by Gasteiger charge is -2.39. The molecule has 0 aliphatic carbocycles. The predicted octanol–water partition coefficient (Wildman–Crippen LogP) is -0.526. The van der Waals surface area contributed by atoms with Crippen LogP contribution in [0.25, 0.3) is 0 Å². The summed E-state index contributed by atoms with van der Waals surface area (Å²) in [6.07, 6.45) is 1.71. The number of carbonyl (C=O) groups is 4. The van der Waals surface area contributed by atoms with Gasteiger partial charge in [0.25, 0.3) is 5.91 Å². The van der Waals surface area contributed by atoms with Gasteiger partial charge in [-0.1, -0.05) is 30.3 Å². The molecule has 3 rings (SSSR count). The Bertz CT molecular complexity index is 936. The summed E-state index contributed by atoms with van der Waals surface area (Å²) < 4.78 is 0. The first-order valence-corrected chi connectivity index (χ1v) is 12.5. The third-order valence-electron chi connectivity index (χ3n) is 6.91. The van der Waals surface area contributed by atoms with E-state index in [1.54, 1.807) is 24.3 Å². The number of amides is 3. The van der Waals surface area contributed by atoms with Crippen LogP contribution in [0.4, 0.5) is 0 Å². The molecule has 5 atom stereocenters. The van der Waals surface area contributed by atoms with Gasteiger partial charge in [0.15, 0.2) is 6.10 Å². The van der Waals surface area contributed by atoms with Gasteiger partial charge in [-0.3, -0.25) is 25.0 Å². The molecule has 198 valence electrons. The number of carbonyl (C=O) groups excluding carboxylic acids is 3. The van der Waals surface area contributed by atoms with E-state index in [9.17, 15) is 29.4 Å². The molecule has 11 nitrogen and oxygen atoms in total. The van der Waals surface area contributed by atoms with Crippen LogP contribution < -0.4 is 21.7 Å². The van der Waals surface area contributed by atoms with Crippen molar-refractivity contribution < 1.29 is 29.4 Å². The third-order valence-corrected chi connectivity index (χ3v) is 6.91. The highest BCUT2D eigenvalue weighted by Gasteiger charge is 2.40. The van der Waals surface area contributed by atoms with Gasteiger partial charge >= 0.3 is 5.97 Å². The predicted molar refractivity (Wildman–Crippen MR) is 131 cm³/mol. The molecule has 2 heterocycles. The Kier molecular flexibility index (Phi) is 9.41. The van der Waals surface area contributed by atoms with E-state index < -0.39 is 53.6 Å². The van der Waals surface area contributed by atoms with Gasteiger partial charge in [-0.15, -0.1) is 0 Å². The monoisotopic (exact) mass is 503 g/mol. The van der Waals surface area contributed by atoms with Crippen LogP contribution in [-0.2, 0) is 25.6 Å². The number of likely N-dealkylation sites (tertiary alicyclic amines) is 1. The number of rotatable bonds is 11. The summed E-state index contributed by atoms with van der Waals surface area (Å²) in [5.41, 5.74) is 5.61. The Morgan fingerprint density at radius 2 is 1.92 bits per heavy atom. The number of nitrogens with zero attached hydrogens (tertiary/aromatic N) is 1. The molecule has 11 heteroatoms. The van der Waals surface area contributed by atoms with Gasteiger partial charge in [0.05, 0.1) is 24.2 Å². The fourth-order valence-electron chi connectivity index (χ4n) is 5.00. The molecule has 0 spiro atoms.